The van der Waals surface area contributed by atoms with Crippen molar-refractivity contribution in [2.75, 3.05) is 0 Å². The minimum Gasteiger partial charge on any atom is -0.386 e. The van der Waals surface area contributed by atoms with Crippen LogP contribution in [-0.2, 0) is 6.54 Å². The molecule has 1 heterocycles. The molecule has 0 aliphatic carbocycles. The van der Waals surface area contributed by atoms with Gasteiger partial charge in [0.05, 0.1) is 12.7 Å². The van der Waals surface area contributed by atoms with Gasteiger partial charge in [-0.05, 0) is 5.56 Å². The van der Waals surface area contributed by atoms with Crippen molar-refractivity contribution in [2.24, 2.45) is 5.92 Å². The summed E-state index contributed by atoms with van der Waals surface area (Å²) in [4.78, 5) is 0. The van der Waals surface area contributed by atoms with Gasteiger partial charge in [-0.2, -0.15) is 0 Å². The molecule has 0 saturated heterocycles. The van der Waals surface area contributed by atoms with E-state index in [1.165, 1.54) is 0 Å². The fourth-order valence-electron chi connectivity index (χ4n) is 1.85. The maximum atomic E-state index is 10.1. The highest BCUT2D eigenvalue weighted by Gasteiger charge is 2.18. The molecule has 0 fully saturated rings. The average molecular weight is 255 g/mol. The Morgan fingerprint density at radius 2 is 1.89 bits per heavy atom. The first-order valence-corrected chi connectivity index (χ1v) is 6.11. The Hall–Kier alpha value is -2.20. The van der Waals surface area contributed by atoms with Gasteiger partial charge in [0, 0.05) is 5.92 Å². The molecule has 4 nitrogen and oxygen atoms in total. The highest BCUT2D eigenvalue weighted by molar-refractivity contribution is 5.15. The van der Waals surface area contributed by atoms with E-state index in [1.54, 1.807) is 23.0 Å². The van der Waals surface area contributed by atoms with Crippen molar-refractivity contribution in [1.29, 1.82) is 0 Å². The Kier molecular flexibility index (Phi) is 4.26. The molecule has 0 bridgehead atoms. The minimum absolute atomic E-state index is 0.220. The van der Waals surface area contributed by atoms with Crippen LogP contribution in [-0.4, -0.2) is 20.1 Å². The van der Waals surface area contributed by atoms with Gasteiger partial charge in [-0.1, -0.05) is 47.7 Å². The van der Waals surface area contributed by atoms with E-state index in [-0.39, 0.29) is 5.92 Å². The number of hydrogen-bond acceptors (Lipinski definition) is 3. The number of aliphatic hydroxyl groups excluding tert-OH is 1. The van der Waals surface area contributed by atoms with E-state index in [0.29, 0.717) is 12.2 Å². The maximum absolute atomic E-state index is 10.1. The summed E-state index contributed by atoms with van der Waals surface area (Å²) in [5.41, 5.74) is 1.66. The van der Waals surface area contributed by atoms with Crippen molar-refractivity contribution >= 4 is 0 Å². The van der Waals surface area contributed by atoms with Crippen molar-refractivity contribution in [3.63, 3.8) is 0 Å². The summed E-state index contributed by atoms with van der Waals surface area (Å²) in [6, 6.07) is 9.97. The summed E-state index contributed by atoms with van der Waals surface area (Å²) in [7, 11) is 0. The minimum atomic E-state index is -0.750. The fraction of sp³-hybridized carbons (Fsp3) is 0.200. The van der Waals surface area contributed by atoms with Crippen LogP contribution >= 0.6 is 0 Å². The fourth-order valence-corrected chi connectivity index (χ4v) is 1.85. The lowest BCUT2D eigenvalue weighted by Crippen LogP contribution is -2.08. The monoisotopic (exact) mass is 255 g/mol. The Bertz CT molecular complexity index is 540. The molecule has 0 aliphatic heterocycles. The molecule has 1 N–H and O–H groups in total. The van der Waals surface area contributed by atoms with E-state index in [4.69, 9.17) is 0 Å². The van der Waals surface area contributed by atoms with Crippen LogP contribution in [0.25, 0.3) is 0 Å². The molecule has 0 saturated carbocycles. The standard InChI is InChI=1S/C15H17N3O/c1-3-13(4-2)15(19)14-11-18(17-16-14)10-12-8-6-5-7-9-12/h3-9,11,13,15,19H,1-2,10H2. The summed E-state index contributed by atoms with van der Waals surface area (Å²) >= 11 is 0. The topological polar surface area (TPSA) is 50.9 Å². The molecule has 0 spiro atoms. The van der Waals surface area contributed by atoms with E-state index < -0.39 is 6.10 Å². The van der Waals surface area contributed by atoms with Crippen LogP contribution in [0, 0.1) is 5.92 Å². The van der Waals surface area contributed by atoms with E-state index in [9.17, 15) is 5.11 Å². The van der Waals surface area contributed by atoms with Crippen LogP contribution in [0.5, 0.6) is 0 Å². The van der Waals surface area contributed by atoms with Crippen LogP contribution in [0.2, 0.25) is 0 Å². The number of aliphatic hydroxyl groups is 1. The third kappa shape index (κ3) is 3.17. The number of aromatic nitrogens is 3. The molecule has 0 aliphatic rings. The van der Waals surface area contributed by atoms with Crippen LogP contribution in [0.15, 0.2) is 61.8 Å². The molecule has 0 radical (unpaired) electrons. The van der Waals surface area contributed by atoms with E-state index in [1.807, 2.05) is 30.3 Å². The Balaban J connectivity index is 2.11. The van der Waals surface area contributed by atoms with Crippen LogP contribution < -0.4 is 0 Å². The smallest absolute Gasteiger partial charge is 0.112 e. The van der Waals surface area contributed by atoms with E-state index in [2.05, 4.69) is 23.5 Å². The molecule has 1 aromatic carbocycles. The van der Waals surface area contributed by atoms with Gasteiger partial charge in [0.25, 0.3) is 0 Å². The molecule has 1 aromatic heterocycles. The molecule has 98 valence electrons. The SMILES string of the molecule is C=CC(C=C)C(O)c1cn(Cc2ccccc2)nn1. The lowest BCUT2D eigenvalue weighted by atomic mass is 10.0. The predicted octanol–water partition coefficient (Wildman–Crippen LogP) is 2.35. The van der Waals surface area contributed by atoms with Gasteiger partial charge < -0.3 is 5.11 Å². The molecule has 2 aromatic rings. The molecule has 19 heavy (non-hydrogen) atoms. The number of hydrogen-bond donors (Lipinski definition) is 1. The normalized spacial score (nSPS) is 12.3. The average Bonchev–Trinajstić information content (AvgIpc) is 2.89. The first kappa shape index (κ1) is 13.2. The van der Waals surface area contributed by atoms with Crippen molar-refractivity contribution in [3.05, 3.63) is 73.1 Å². The predicted molar refractivity (Wildman–Crippen MR) is 74.4 cm³/mol. The summed E-state index contributed by atoms with van der Waals surface area (Å²) in [5.74, 6) is -0.220. The molecular weight excluding hydrogens is 238 g/mol. The highest BCUT2D eigenvalue weighted by Crippen LogP contribution is 2.21. The summed E-state index contributed by atoms with van der Waals surface area (Å²) in [5, 5.41) is 18.1. The zero-order valence-electron chi connectivity index (χ0n) is 10.7. The zero-order chi connectivity index (χ0) is 13.7. The van der Waals surface area contributed by atoms with Crippen molar-refractivity contribution in [2.45, 2.75) is 12.6 Å². The third-order valence-electron chi connectivity index (χ3n) is 2.96. The van der Waals surface area contributed by atoms with Gasteiger partial charge in [-0.3, -0.25) is 0 Å². The van der Waals surface area contributed by atoms with E-state index in [0.717, 1.165) is 5.56 Å². The summed E-state index contributed by atoms with van der Waals surface area (Å²) < 4.78 is 1.71. The second kappa shape index (κ2) is 6.11. The Labute approximate surface area is 112 Å². The van der Waals surface area contributed by atoms with Crippen LogP contribution in [0.1, 0.15) is 17.4 Å². The Morgan fingerprint density at radius 1 is 1.21 bits per heavy atom. The second-order valence-corrected chi connectivity index (χ2v) is 4.32. The second-order valence-electron chi connectivity index (χ2n) is 4.32. The van der Waals surface area contributed by atoms with E-state index >= 15 is 0 Å². The molecule has 4 heteroatoms. The van der Waals surface area contributed by atoms with Gasteiger partial charge in [-0.25, -0.2) is 4.68 Å². The molecular formula is C15H17N3O. The van der Waals surface area contributed by atoms with Gasteiger partial charge in [0.15, 0.2) is 0 Å². The van der Waals surface area contributed by atoms with Gasteiger partial charge in [0.1, 0.15) is 11.8 Å². The first-order chi connectivity index (χ1) is 9.24. The summed E-state index contributed by atoms with van der Waals surface area (Å²) in [6.07, 6.45) is 4.29. The van der Waals surface area contributed by atoms with Crippen LogP contribution in [0.3, 0.4) is 0 Å². The number of benzene rings is 1. The highest BCUT2D eigenvalue weighted by atomic mass is 16.3. The largest absolute Gasteiger partial charge is 0.386 e. The van der Waals surface area contributed by atoms with Crippen molar-refractivity contribution < 1.29 is 5.11 Å². The first-order valence-electron chi connectivity index (χ1n) is 6.11. The third-order valence-corrected chi connectivity index (χ3v) is 2.96. The molecule has 2 rings (SSSR count). The Morgan fingerprint density at radius 3 is 2.53 bits per heavy atom. The molecule has 0 amide bonds. The van der Waals surface area contributed by atoms with Gasteiger partial charge in [0.2, 0.25) is 0 Å². The van der Waals surface area contributed by atoms with Gasteiger partial charge in [-0.15, -0.1) is 18.3 Å². The van der Waals surface area contributed by atoms with Crippen LogP contribution in [0.4, 0.5) is 0 Å². The van der Waals surface area contributed by atoms with Crippen molar-refractivity contribution in [3.8, 4) is 0 Å². The van der Waals surface area contributed by atoms with Crippen molar-refractivity contribution in [1.82, 2.24) is 15.0 Å². The summed E-state index contributed by atoms with van der Waals surface area (Å²) in [6.45, 7) is 7.97. The lowest BCUT2D eigenvalue weighted by molar-refractivity contribution is 0.146. The van der Waals surface area contributed by atoms with Gasteiger partial charge >= 0.3 is 0 Å². The molecule has 1 atom stereocenters. The number of rotatable bonds is 6. The molecule has 1 unspecified atom stereocenters. The lowest BCUT2D eigenvalue weighted by Gasteiger charge is -2.12. The zero-order valence-corrected chi connectivity index (χ0v) is 10.7. The maximum Gasteiger partial charge on any atom is 0.112 e. The quantitative estimate of drug-likeness (QED) is 0.806. The number of nitrogens with zero attached hydrogens (tertiary/aromatic N) is 3.